The maximum absolute atomic E-state index is 14.0. The Bertz CT molecular complexity index is 1510. The molecule has 40 heavy (non-hydrogen) atoms. The van der Waals surface area contributed by atoms with Crippen LogP contribution in [0, 0.1) is 25.6 Å². The summed E-state index contributed by atoms with van der Waals surface area (Å²) in [4.78, 5) is 17.7. The van der Waals surface area contributed by atoms with E-state index in [1.165, 1.54) is 33.8 Å². The number of anilines is 1. The van der Waals surface area contributed by atoms with Crippen molar-refractivity contribution >= 4 is 33.8 Å². The van der Waals surface area contributed by atoms with E-state index in [4.69, 9.17) is 4.52 Å². The SMILES string of the molecule is Cc1cccc(N2CCN(C(=O)C3CCN(S(=O)(=O)c4c(C)noc4C=Cc4ccccc4F)CC3)CC2C)c1. The van der Waals surface area contributed by atoms with Crippen LogP contribution < -0.4 is 4.90 Å². The van der Waals surface area contributed by atoms with Crippen molar-refractivity contribution in [1.82, 2.24) is 14.4 Å². The highest BCUT2D eigenvalue weighted by Gasteiger charge is 2.38. The third-order valence-electron chi connectivity index (χ3n) is 7.83. The standard InChI is InChI=1S/C30H35FN4O4S/c1-21-7-6-9-26(19-21)35-18-17-33(20-22(35)2)30(36)25-13-15-34(16-14-25)40(37,38)29-23(3)32-39-28(29)12-11-24-8-4-5-10-27(24)31/h4-12,19,22,25H,13-18,20H2,1-3H3. The Morgan fingerprint density at radius 3 is 2.48 bits per heavy atom. The molecule has 2 aliphatic heterocycles. The number of amides is 1. The number of hydrogen-bond acceptors (Lipinski definition) is 6. The second kappa shape index (κ2) is 11.5. The quantitative estimate of drug-likeness (QED) is 0.429. The molecule has 3 aromatic rings. The minimum Gasteiger partial charge on any atom is -0.365 e. The molecular formula is C30H35FN4O4S. The van der Waals surface area contributed by atoms with E-state index in [9.17, 15) is 17.6 Å². The van der Waals surface area contributed by atoms with Gasteiger partial charge in [-0.05, 0) is 69.5 Å². The van der Waals surface area contributed by atoms with E-state index in [2.05, 4.69) is 48.2 Å². The largest absolute Gasteiger partial charge is 0.365 e. The molecule has 0 aliphatic carbocycles. The number of piperidine rings is 1. The summed E-state index contributed by atoms with van der Waals surface area (Å²) < 4.78 is 47.9. The van der Waals surface area contributed by atoms with Crippen molar-refractivity contribution in [1.29, 1.82) is 0 Å². The molecule has 10 heteroatoms. The van der Waals surface area contributed by atoms with Gasteiger partial charge in [-0.2, -0.15) is 4.31 Å². The number of carbonyl (C=O) groups excluding carboxylic acids is 1. The molecule has 1 unspecified atom stereocenters. The van der Waals surface area contributed by atoms with Gasteiger partial charge >= 0.3 is 0 Å². The number of sulfonamides is 1. The molecule has 5 rings (SSSR count). The third kappa shape index (κ3) is 5.69. The average Bonchev–Trinajstić information content (AvgIpc) is 3.33. The zero-order chi connectivity index (χ0) is 28.4. The summed E-state index contributed by atoms with van der Waals surface area (Å²) in [7, 11) is -3.92. The lowest BCUT2D eigenvalue weighted by atomic mass is 9.95. The lowest BCUT2D eigenvalue weighted by Gasteiger charge is -2.43. The molecule has 2 saturated heterocycles. The summed E-state index contributed by atoms with van der Waals surface area (Å²) in [5, 5.41) is 3.87. The Hall–Kier alpha value is -3.50. The van der Waals surface area contributed by atoms with Crippen LogP contribution in [0.25, 0.3) is 12.2 Å². The minimum absolute atomic E-state index is 0.0223. The molecule has 0 N–H and O–H groups in total. The van der Waals surface area contributed by atoms with Gasteiger partial charge in [-0.1, -0.05) is 35.5 Å². The molecule has 2 aromatic carbocycles. The van der Waals surface area contributed by atoms with E-state index in [-0.39, 0.29) is 47.3 Å². The van der Waals surface area contributed by atoms with E-state index in [0.717, 1.165) is 6.54 Å². The van der Waals surface area contributed by atoms with E-state index >= 15 is 0 Å². The van der Waals surface area contributed by atoms with Gasteiger partial charge in [0.25, 0.3) is 0 Å². The van der Waals surface area contributed by atoms with Crippen LogP contribution >= 0.6 is 0 Å². The van der Waals surface area contributed by atoms with Crippen LogP contribution in [0.2, 0.25) is 0 Å². The van der Waals surface area contributed by atoms with Gasteiger partial charge in [-0.25, -0.2) is 12.8 Å². The van der Waals surface area contributed by atoms with Gasteiger partial charge < -0.3 is 14.3 Å². The normalized spacial score (nSPS) is 19.4. The number of nitrogens with zero attached hydrogens (tertiary/aromatic N) is 4. The van der Waals surface area contributed by atoms with Crippen LogP contribution in [-0.4, -0.2) is 67.5 Å². The van der Waals surface area contributed by atoms with Crippen molar-refractivity contribution in [3.05, 3.63) is 76.9 Å². The molecule has 8 nitrogen and oxygen atoms in total. The topological polar surface area (TPSA) is 87.0 Å². The highest BCUT2D eigenvalue weighted by atomic mass is 32.2. The first-order valence-electron chi connectivity index (χ1n) is 13.7. The number of carbonyl (C=O) groups is 1. The third-order valence-corrected chi connectivity index (χ3v) is 9.88. The highest BCUT2D eigenvalue weighted by molar-refractivity contribution is 7.89. The van der Waals surface area contributed by atoms with Gasteiger partial charge in [-0.15, -0.1) is 0 Å². The van der Waals surface area contributed by atoms with Gasteiger partial charge in [0.1, 0.15) is 11.5 Å². The second-order valence-electron chi connectivity index (χ2n) is 10.7. The number of halogens is 1. The van der Waals surface area contributed by atoms with Gasteiger partial charge in [-0.3, -0.25) is 4.79 Å². The molecule has 0 bridgehead atoms. The van der Waals surface area contributed by atoms with Crippen molar-refractivity contribution in [2.24, 2.45) is 5.92 Å². The Labute approximate surface area is 235 Å². The molecule has 0 radical (unpaired) electrons. The second-order valence-corrected chi connectivity index (χ2v) is 12.5. The minimum atomic E-state index is -3.92. The molecule has 1 atom stereocenters. The summed E-state index contributed by atoms with van der Waals surface area (Å²) in [5.74, 6) is -0.479. The van der Waals surface area contributed by atoms with Crippen molar-refractivity contribution in [2.75, 3.05) is 37.6 Å². The van der Waals surface area contributed by atoms with Crippen molar-refractivity contribution < 1.29 is 22.1 Å². The fraction of sp³-hybridized carbons (Fsp3) is 0.400. The Morgan fingerprint density at radius 1 is 1.02 bits per heavy atom. The summed E-state index contributed by atoms with van der Waals surface area (Å²) in [6.07, 6.45) is 3.81. The number of benzene rings is 2. The van der Waals surface area contributed by atoms with Crippen LogP contribution in [0.4, 0.5) is 10.1 Å². The summed E-state index contributed by atoms with van der Waals surface area (Å²) in [6.45, 7) is 8.31. The molecule has 212 valence electrons. The Morgan fingerprint density at radius 2 is 1.77 bits per heavy atom. The Balaban J connectivity index is 1.22. The molecule has 0 spiro atoms. The summed E-state index contributed by atoms with van der Waals surface area (Å²) in [5.41, 5.74) is 2.94. The van der Waals surface area contributed by atoms with Crippen molar-refractivity contribution in [3.8, 4) is 0 Å². The van der Waals surface area contributed by atoms with Gasteiger partial charge in [0.05, 0.1) is 0 Å². The lowest BCUT2D eigenvalue weighted by Crippen LogP contribution is -2.55. The first-order chi connectivity index (χ1) is 19.1. The van der Waals surface area contributed by atoms with Gasteiger partial charge in [0.2, 0.25) is 15.9 Å². The van der Waals surface area contributed by atoms with Crippen LogP contribution in [0.5, 0.6) is 0 Å². The van der Waals surface area contributed by atoms with Crippen molar-refractivity contribution in [2.45, 2.75) is 44.6 Å². The van der Waals surface area contributed by atoms with E-state index in [1.54, 1.807) is 25.1 Å². The van der Waals surface area contributed by atoms with Crippen molar-refractivity contribution in [3.63, 3.8) is 0 Å². The number of rotatable bonds is 6. The number of piperazine rings is 1. The molecular weight excluding hydrogens is 531 g/mol. The molecule has 2 fully saturated rings. The molecule has 3 heterocycles. The zero-order valence-electron chi connectivity index (χ0n) is 23.1. The maximum Gasteiger partial charge on any atom is 0.248 e. The summed E-state index contributed by atoms with van der Waals surface area (Å²) >= 11 is 0. The Kier molecular flexibility index (Phi) is 8.09. The zero-order valence-corrected chi connectivity index (χ0v) is 23.9. The predicted octanol–water partition coefficient (Wildman–Crippen LogP) is 4.74. The van der Waals surface area contributed by atoms with Gasteiger partial charge in [0.15, 0.2) is 10.7 Å². The van der Waals surface area contributed by atoms with Crippen LogP contribution in [0.1, 0.15) is 42.3 Å². The van der Waals surface area contributed by atoms with Gasteiger partial charge in [0, 0.05) is 55.9 Å². The molecule has 1 amide bonds. The van der Waals surface area contributed by atoms with E-state index in [1.807, 2.05) is 4.90 Å². The number of aromatic nitrogens is 1. The fourth-order valence-electron chi connectivity index (χ4n) is 5.65. The average molecular weight is 567 g/mol. The van der Waals surface area contributed by atoms with Crippen LogP contribution in [0.15, 0.2) is 57.9 Å². The first kappa shape index (κ1) is 28.0. The summed E-state index contributed by atoms with van der Waals surface area (Å²) in [6, 6.07) is 14.8. The fourth-order valence-corrected chi connectivity index (χ4v) is 7.37. The lowest BCUT2D eigenvalue weighted by molar-refractivity contribution is -0.137. The van der Waals surface area contributed by atoms with Crippen LogP contribution in [-0.2, 0) is 14.8 Å². The number of aryl methyl sites for hydroxylation is 2. The number of hydrogen-bond donors (Lipinski definition) is 0. The molecule has 0 saturated carbocycles. The molecule has 2 aliphatic rings. The maximum atomic E-state index is 14.0. The monoisotopic (exact) mass is 566 g/mol. The highest BCUT2D eigenvalue weighted by Crippen LogP contribution is 2.31. The molecule has 1 aromatic heterocycles. The predicted molar refractivity (Wildman–Crippen MR) is 153 cm³/mol. The first-order valence-corrected chi connectivity index (χ1v) is 15.1. The van der Waals surface area contributed by atoms with Crippen LogP contribution in [0.3, 0.4) is 0 Å². The van der Waals surface area contributed by atoms with E-state index in [0.29, 0.717) is 31.5 Å². The smallest absolute Gasteiger partial charge is 0.248 e. The van der Waals surface area contributed by atoms with E-state index < -0.39 is 15.8 Å².